The molecule has 0 spiro atoms. The molecule has 0 radical (unpaired) electrons. The van der Waals surface area contributed by atoms with Crippen LogP contribution in [0.4, 0.5) is 5.69 Å². The minimum Gasteiger partial charge on any atom is -0.382 e. The molecular formula is C20H19BrN2O2. The third-order valence-corrected chi connectivity index (χ3v) is 5.22. The highest BCUT2D eigenvalue weighted by Crippen LogP contribution is 2.30. The number of aryl methyl sites for hydroxylation is 2. The van der Waals surface area contributed by atoms with Crippen LogP contribution in [0.5, 0.6) is 0 Å². The van der Waals surface area contributed by atoms with Crippen LogP contribution in [-0.4, -0.2) is 24.3 Å². The fraction of sp³-hybridized carbons (Fsp3) is 0.300. The van der Waals surface area contributed by atoms with Gasteiger partial charge in [0.15, 0.2) is 0 Å². The Hall–Kier alpha value is -2.14. The van der Waals surface area contributed by atoms with E-state index in [4.69, 9.17) is 4.84 Å². The molecule has 2 aliphatic rings. The van der Waals surface area contributed by atoms with Crippen LogP contribution in [0.25, 0.3) is 0 Å². The highest BCUT2D eigenvalue weighted by molar-refractivity contribution is 9.10. The molecule has 0 saturated carbocycles. The molecule has 0 bridgehead atoms. The molecule has 4 nitrogen and oxygen atoms in total. The number of hydrogen-bond donors (Lipinski definition) is 0. The number of anilines is 1. The van der Waals surface area contributed by atoms with Crippen molar-refractivity contribution in [1.29, 1.82) is 0 Å². The van der Waals surface area contributed by atoms with Crippen molar-refractivity contribution in [2.24, 2.45) is 5.16 Å². The Bertz CT molecular complexity index is 863. The van der Waals surface area contributed by atoms with Crippen molar-refractivity contribution >= 4 is 33.2 Å². The van der Waals surface area contributed by atoms with Crippen molar-refractivity contribution in [2.75, 3.05) is 11.4 Å². The molecule has 2 heterocycles. The van der Waals surface area contributed by atoms with Gasteiger partial charge < -0.3 is 9.74 Å². The van der Waals surface area contributed by atoms with E-state index >= 15 is 0 Å². The van der Waals surface area contributed by atoms with E-state index in [9.17, 15) is 4.79 Å². The minimum atomic E-state index is -0.541. The van der Waals surface area contributed by atoms with E-state index < -0.39 is 6.10 Å². The van der Waals surface area contributed by atoms with Crippen LogP contribution in [0.1, 0.15) is 29.5 Å². The molecule has 0 aliphatic carbocycles. The average Bonchev–Trinajstić information content (AvgIpc) is 3.10. The predicted octanol–water partition coefficient (Wildman–Crippen LogP) is 4.23. The first-order chi connectivity index (χ1) is 12.1. The maximum Gasteiger partial charge on any atom is 0.271 e. The van der Waals surface area contributed by atoms with Gasteiger partial charge in [0.2, 0.25) is 6.10 Å². The lowest BCUT2D eigenvalue weighted by atomic mass is 9.98. The fourth-order valence-corrected chi connectivity index (χ4v) is 3.88. The number of rotatable bonds is 2. The molecular weight excluding hydrogens is 380 g/mol. The maximum atomic E-state index is 13.0. The van der Waals surface area contributed by atoms with E-state index in [2.05, 4.69) is 40.1 Å². The first-order valence-corrected chi connectivity index (χ1v) is 9.30. The van der Waals surface area contributed by atoms with E-state index in [1.165, 1.54) is 11.1 Å². The van der Waals surface area contributed by atoms with Gasteiger partial charge in [-0.2, -0.15) is 0 Å². The summed E-state index contributed by atoms with van der Waals surface area (Å²) in [6.07, 6.45) is 1.97. The zero-order valence-corrected chi connectivity index (χ0v) is 15.6. The second-order valence-electron chi connectivity index (χ2n) is 6.57. The molecule has 1 amide bonds. The molecule has 2 aromatic rings. The van der Waals surface area contributed by atoms with E-state index in [1.54, 1.807) is 0 Å². The first-order valence-electron chi connectivity index (χ1n) is 8.51. The highest BCUT2D eigenvalue weighted by Gasteiger charge is 2.34. The number of carbonyl (C=O) groups excluding carboxylic acids is 1. The summed E-state index contributed by atoms with van der Waals surface area (Å²) >= 11 is 3.47. The summed E-state index contributed by atoms with van der Waals surface area (Å²) in [4.78, 5) is 20.4. The van der Waals surface area contributed by atoms with Crippen molar-refractivity contribution in [3.63, 3.8) is 0 Å². The van der Waals surface area contributed by atoms with E-state index in [0.717, 1.165) is 40.8 Å². The monoisotopic (exact) mass is 398 g/mol. The lowest BCUT2D eigenvalue weighted by molar-refractivity contribution is -0.128. The van der Waals surface area contributed by atoms with E-state index in [1.807, 2.05) is 35.2 Å². The molecule has 2 aromatic carbocycles. The molecule has 1 unspecified atom stereocenters. The second kappa shape index (κ2) is 6.64. The van der Waals surface area contributed by atoms with Gasteiger partial charge in [-0.3, -0.25) is 4.79 Å². The van der Waals surface area contributed by atoms with Crippen LogP contribution in [0.2, 0.25) is 0 Å². The number of fused-ring (bicyclic) bond motifs is 1. The number of halogens is 1. The Morgan fingerprint density at radius 1 is 1.28 bits per heavy atom. The number of benzene rings is 2. The maximum absolute atomic E-state index is 13.0. The van der Waals surface area contributed by atoms with Crippen LogP contribution >= 0.6 is 15.9 Å². The predicted molar refractivity (Wildman–Crippen MR) is 102 cm³/mol. The Labute approximate surface area is 155 Å². The highest BCUT2D eigenvalue weighted by atomic mass is 79.9. The van der Waals surface area contributed by atoms with Gasteiger partial charge in [-0.05, 0) is 43.5 Å². The lowest BCUT2D eigenvalue weighted by Crippen LogP contribution is -2.42. The van der Waals surface area contributed by atoms with Crippen LogP contribution in [-0.2, 0) is 16.1 Å². The zero-order chi connectivity index (χ0) is 17.4. The average molecular weight is 399 g/mol. The molecule has 0 N–H and O–H groups in total. The van der Waals surface area contributed by atoms with Crippen molar-refractivity contribution in [3.8, 4) is 0 Å². The van der Waals surface area contributed by atoms with Gasteiger partial charge in [0.1, 0.15) is 0 Å². The summed E-state index contributed by atoms with van der Waals surface area (Å²) in [5, 5.41) is 4.16. The molecule has 25 heavy (non-hydrogen) atoms. The van der Waals surface area contributed by atoms with Gasteiger partial charge in [0.05, 0.1) is 5.71 Å². The van der Waals surface area contributed by atoms with Crippen molar-refractivity contribution in [3.05, 3.63) is 63.6 Å². The summed E-state index contributed by atoms with van der Waals surface area (Å²) in [5.41, 5.74) is 5.29. The van der Waals surface area contributed by atoms with E-state index in [0.29, 0.717) is 6.42 Å². The summed E-state index contributed by atoms with van der Waals surface area (Å²) in [5.74, 6) is -0.00134. The van der Waals surface area contributed by atoms with Crippen molar-refractivity contribution in [2.45, 2.75) is 32.3 Å². The smallest absolute Gasteiger partial charge is 0.271 e. The molecule has 1 atom stereocenters. The van der Waals surface area contributed by atoms with Crippen LogP contribution < -0.4 is 4.90 Å². The topological polar surface area (TPSA) is 41.9 Å². The lowest BCUT2D eigenvalue weighted by Gasteiger charge is -2.31. The number of carbonyl (C=O) groups is 1. The quantitative estimate of drug-likeness (QED) is 0.759. The summed E-state index contributed by atoms with van der Waals surface area (Å²) < 4.78 is 0.989. The van der Waals surface area contributed by atoms with Gasteiger partial charge in [-0.1, -0.05) is 50.9 Å². The molecule has 128 valence electrons. The standard InChI is InChI=1S/C20H19BrN2O2/c1-13-7-8-18-15(10-13)5-3-9-23(18)20(24)19-12-17(22-25-19)14-4-2-6-16(21)11-14/h2,4,6-8,10-11,19H,3,5,9,12H2,1H3. The fourth-order valence-electron chi connectivity index (χ4n) is 3.48. The van der Waals surface area contributed by atoms with E-state index in [-0.39, 0.29) is 5.91 Å². The normalized spacial score (nSPS) is 19.2. The van der Waals surface area contributed by atoms with Gasteiger partial charge in [0, 0.05) is 28.7 Å². The van der Waals surface area contributed by atoms with Gasteiger partial charge >= 0.3 is 0 Å². The first kappa shape index (κ1) is 16.3. The van der Waals surface area contributed by atoms with Crippen molar-refractivity contribution in [1.82, 2.24) is 0 Å². The Kier molecular flexibility index (Phi) is 4.34. The molecule has 5 heteroatoms. The Morgan fingerprint density at radius 2 is 2.16 bits per heavy atom. The van der Waals surface area contributed by atoms with Gasteiger partial charge in [-0.15, -0.1) is 0 Å². The van der Waals surface area contributed by atoms with Gasteiger partial charge in [0.25, 0.3) is 5.91 Å². The number of nitrogens with zero attached hydrogens (tertiary/aromatic N) is 2. The molecule has 2 aliphatic heterocycles. The van der Waals surface area contributed by atoms with Gasteiger partial charge in [-0.25, -0.2) is 0 Å². The number of amides is 1. The van der Waals surface area contributed by atoms with Crippen molar-refractivity contribution < 1.29 is 9.63 Å². The van der Waals surface area contributed by atoms with Crippen LogP contribution in [0.15, 0.2) is 52.1 Å². The second-order valence-corrected chi connectivity index (χ2v) is 7.49. The molecule has 4 rings (SSSR count). The van der Waals surface area contributed by atoms with Crippen LogP contribution in [0, 0.1) is 6.92 Å². The molecule has 0 aromatic heterocycles. The summed E-state index contributed by atoms with van der Waals surface area (Å²) in [6.45, 7) is 2.82. The zero-order valence-electron chi connectivity index (χ0n) is 14.0. The largest absolute Gasteiger partial charge is 0.382 e. The third-order valence-electron chi connectivity index (χ3n) is 4.72. The summed E-state index contributed by atoms with van der Waals surface area (Å²) in [7, 11) is 0. The SMILES string of the molecule is Cc1ccc2c(c1)CCCN2C(=O)C1CC(c2cccc(Br)c2)=NO1. The van der Waals surface area contributed by atoms with Crippen LogP contribution in [0.3, 0.4) is 0 Å². The molecule has 0 fully saturated rings. The number of hydrogen-bond acceptors (Lipinski definition) is 3. The molecule has 0 saturated heterocycles. The minimum absolute atomic E-state index is 0.00134. The summed E-state index contributed by atoms with van der Waals surface area (Å²) in [6, 6.07) is 14.2. The third kappa shape index (κ3) is 3.21. The Balaban J connectivity index is 1.52. The Morgan fingerprint density at radius 3 is 3.00 bits per heavy atom. The number of oxime groups is 1.